The number of hydrogen-bond donors (Lipinski definition) is 4. The van der Waals surface area contributed by atoms with Crippen LogP contribution in [0.15, 0.2) is 28.8 Å². The van der Waals surface area contributed by atoms with Crippen molar-refractivity contribution in [3.8, 4) is 0 Å². The van der Waals surface area contributed by atoms with Gasteiger partial charge in [-0.15, -0.1) is 0 Å². The van der Waals surface area contributed by atoms with Gasteiger partial charge in [0.15, 0.2) is 11.6 Å². The number of likely N-dealkylation sites (tertiary alicyclic amines) is 2. The van der Waals surface area contributed by atoms with E-state index in [2.05, 4.69) is 15.6 Å². The minimum atomic E-state index is -1.25. The molecule has 2 saturated heterocycles. The van der Waals surface area contributed by atoms with Crippen LogP contribution in [-0.4, -0.2) is 80.8 Å². The molecule has 0 saturated carbocycles. The number of rotatable bonds is 5. The lowest BCUT2D eigenvalue weighted by Gasteiger charge is -2.35. The Morgan fingerprint density at radius 1 is 1.12 bits per heavy atom. The number of β-amino-alcohol motifs (C(OH)–C–C–N with tert-alkyl or cyclic N) is 1. The van der Waals surface area contributed by atoms with E-state index in [9.17, 15) is 32.7 Å². The summed E-state index contributed by atoms with van der Waals surface area (Å²) in [4.78, 5) is 45.0. The fourth-order valence-corrected chi connectivity index (χ4v) is 6.03. The fraction of sp³-hybridized carbons (Fsp3) is 0.536. The molecule has 5 rings (SSSR count). The minimum absolute atomic E-state index is 0.0105. The van der Waals surface area contributed by atoms with Crippen LogP contribution in [0.25, 0.3) is 6.08 Å². The second kappa shape index (κ2) is 11.3. The van der Waals surface area contributed by atoms with Gasteiger partial charge in [-0.3, -0.25) is 14.3 Å². The molecule has 3 aliphatic heterocycles. The van der Waals surface area contributed by atoms with E-state index in [1.165, 1.54) is 27.7 Å². The number of benzene rings is 1. The van der Waals surface area contributed by atoms with Gasteiger partial charge in [0.1, 0.15) is 17.7 Å². The topological polar surface area (TPSA) is 123 Å². The molecule has 41 heavy (non-hydrogen) atoms. The molecule has 0 radical (unpaired) electrons. The van der Waals surface area contributed by atoms with E-state index in [0.717, 1.165) is 6.07 Å². The fourth-order valence-electron chi connectivity index (χ4n) is 6.03. The summed E-state index contributed by atoms with van der Waals surface area (Å²) in [5, 5.41) is 16.1. The SMILES string of the molecule is CC(C)(O)CN1C[C@H](c2cccc(F)c2F)CC[C@@H](NC(=O)N2CCC(n3c4c([nH]c3=O)NCC(F)=C4)CC2)C1=O. The van der Waals surface area contributed by atoms with Crippen molar-refractivity contribution in [3.05, 3.63) is 57.4 Å². The summed E-state index contributed by atoms with van der Waals surface area (Å²) in [7, 11) is 0. The summed E-state index contributed by atoms with van der Waals surface area (Å²) in [6.07, 6.45) is 2.78. The number of fused-ring (bicyclic) bond motifs is 1. The van der Waals surface area contributed by atoms with Gasteiger partial charge in [0, 0.05) is 38.1 Å². The number of aliphatic hydroxyl groups is 1. The average Bonchev–Trinajstić information content (AvgIpc) is 3.17. The first kappa shape index (κ1) is 28.8. The molecule has 13 heteroatoms. The number of piperidine rings is 1. The first-order chi connectivity index (χ1) is 19.4. The molecule has 3 aliphatic rings. The van der Waals surface area contributed by atoms with E-state index in [-0.39, 0.29) is 49.2 Å². The largest absolute Gasteiger partial charge is 0.389 e. The number of carbonyl (C=O) groups is 2. The second-order valence-corrected chi connectivity index (χ2v) is 11.7. The third-order valence-corrected chi connectivity index (χ3v) is 7.96. The summed E-state index contributed by atoms with van der Waals surface area (Å²) in [5.74, 6) is -2.77. The zero-order valence-corrected chi connectivity index (χ0v) is 23.1. The van der Waals surface area contributed by atoms with Crippen LogP contribution in [0, 0.1) is 11.6 Å². The Kier molecular flexibility index (Phi) is 7.91. The highest BCUT2D eigenvalue weighted by Crippen LogP contribution is 2.32. The molecule has 2 atom stereocenters. The van der Waals surface area contributed by atoms with E-state index in [4.69, 9.17) is 0 Å². The van der Waals surface area contributed by atoms with Gasteiger partial charge in [0.05, 0.1) is 17.8 Å². The number of nitrogens with zero attached hydrogens (tertiary/aromatic N) is 3. The smallest absolute Gasteiger partial charge is 0.327 e. The molecule has 0 unspecified atom stereocenters. The summed E-state index contributed by atoms with van der Waals surface area (Å²) in [5.41, 5.74) is -0.997. The Balaban J connectivity index is 1.27. The molecule has 0 bridgehead atoms. The maximum absolute atomic E-state index is 14.6. The summed E-state index contributed by atoms with van der Waals surface area (Å²) in [6, 6.07) is 2.35. The van der Waals surface area contributed by atoms with Crippen LogP contribution < -0.4 is 16.3 Å². The number of H-pyrrole nitrogens is 1. The summed E-state index contributed by atoms with van der Waals surface area (Å²) < 4.78 is 44.0. The first-order valence-electron chi connectivity index (χ1n) is 13.9. The number of urea groups is 1. The van der Waals surface area contributed by atoms with E-state index in [0.29, 0.717) is 43.9 Å². The Labute approximate surface area is 235 Å². The van der Waals surface area contributed by atoms with Gasteiger partial charge < -0.3 is 25.5 Å². The number of hydrogen-bond acceptors (Lipinski definition) is 5. The maximum atomic E-state index is 14.6. The maximum Gasteiger partial charge on any atom is 0.327 e. The van der Waals surface area contributed by atoms with Crippen molar-refractivity contribution in [1.82, 2.24) is 24.7 Å². The van der Waals surface area contributed by atoms with E-state index < -0.39 is 41.1 Å². The van der Waals surface area contributed by atoms with E-state index in [1.807, 2.05) is 0 Å². The van der Waals surface area contributed by atoms with Crippen molar-refractivity contribution < 1.29 is 27.9 Å². The predicted molar refractivity (Wildman–Crippen MR) is 146 cm³/mol. The molecular formula is C28H35F3N6O4. The minimum Gasteiger partial charge on any atom is -0.389 e. The Morgan fingerprint density at radius 2 is 1.85 bits per heavy atom. The summed E-state index contributed by atoms with van der Waals surface area (Å²) in [6.45, 7) is 3.76. The van der Waals surface area contributed by atoms with Crippen molar-refractivity contribution >= 4 is 23.8 Å². The van der Waals surface area contributed by atoms with Gasteiger partial charge in [0.25, 0.3) is 0 Å². The van der Waals surface area contributed by atoms with Crippen LogP contribution in [0.4, 0.5) is 23.8 Å². The van der Waals surface area contributed by atoms with Crippen molar-refractivity contribution in [1.29, 1.82) is 0 Å². The molecule has 10 nitrogen and oxygen atoms in total. The number of imidazole rings is 1. The highest BCUT2D eigenvalue weighted by atomic mass is 19.2. The van der Waals surface area contributed by atoms with Crippen molar-refractivity contribution in [2.75, 3.05) is 38.0 Å². The molecular weight excluding hydrogens is 541 g/mol. The Bertz CT molecular complexity index is 1410. The molecule has 2 aromatic rings. The molecule has 222 valence electrons. The standard InChI is InChI=1S/C28H35F3N6O4/c1-28(2,41)15-36-14-16(19-4-3-5-20(30)23(19)31)6-7-21(25(36)38)33-26(39)35-10-8-18(9-11-35)37-22-12-17(29)13-32-24(22)34-27(37)40/h3-5,12,16,18,21,32,41H,6-11,13-15H2,1-2H3,(H,33,39)(H,34,40)/t16-,21-/m1/s1. The number of amides is 3. The lowest BCUT2D eigenvalue weighted by Crippen LogP contribution is -2.54. The Hall–Kier alpha value is -3.74. The zero-order chi connectivity index (χ0) is 29.5. The predicted octanol–water partition coefficient (Wildman–Crippen LogP) is 3.08. The van der Waals surface area contributed by atoms with Crippen LogP contribution >= 0.6 is 0 Å². The van der Waals surface area contributed by atoms with Crippen molar-refractivity contribution in [2.24, 2.45) is 0 Å². The monoisotopic (exact) mass is 576 g/mol. The van der Waals surface area contributed by atoms with Crippen molar-refractivity contribution in [2.45, 2.75) is 63.1 Å². The summed E-state index contributed by atoms with van der Waals surface area (Å²) >= 11 is 0. The normalized spacial score (nSPS) is 22.1. The number of aromatic nitrogens is 2. The van der Waals surface area contributed by atoms with E-state index in [1.54, 1.807) is 18.7 Å². The van der Waals surface area contributed by atoms with Crippen LogP contribution in [-0.2, 0) is 4.79 Å². The average molecular weight is 577 g/mol. The number of halogens is 3. The number of nitrogens with one attached hydrogen (secondary N) is 3. The first-order valence-corrected chi connectivity index (χ1v) is 13.9. The number of anilines is 1. The zero-order valence-electron chi connectivity index (χ0n) is 23.1. The lowest BCUT2D eigenvalue weighted by atomic mass is 9.93. The molecule has 2 fully saturated rings. The number of carbonyl (C=O) groups excluding carboxylic acids is 2. The molecule has 0 spiro atoms. The van der Waals surface area contributed by atoms with Crippen LogP contribution in [0.1, 0.15) is 62.7 Å². The lowest BCUT2D eigenvalue weighted by molar-refractivity contribution is -0.135. The molecule has 3 amide bonds. The quantitative estimate of drug-likeness (QED) is 0.436. The van der Waals surface area contributed by atoms with Gasteiger partial charge >= 0.3 is 11.7 Å². The van der Waals surface area contributed by atoms with Gasteiger partial charge in [-0.25, -0.2) is 22.8 Å². The van der Waals surface area contributed by atoms with Crippen LogP contribution in [0.5, 0.6) is 0 Å². The van der Waals surface area contributed by atoms with Crippen molar-refractivity contribution in [3.63, 3.8) is 0 Å². The molecule has 1 aromatic carbocycles. The molecule has 4 N–H and O–H groups in total. The highest BCUT2D eigenvalue weighted by Gasteiger charge is 2.37. The molecule has 0 aliphatic carbocycles. The number of aromatic amines is 1. The van der Waals surface area contributed by atoms with Gasteiger partial charge in [-0.2, -0.15) is 0 Å². The third kappa shape index (κ3) is 6.14. The Morgan fingerprint density at radius 3 is 2.56 bits per heavy atom. The third-order valence-electron chi connectivity index (χ3n) is 7.96. The van der Waals surface area contributed by atoms with E-state index >= 15 is 0 Å². The van der Waals surface area contributed by atoms with Crippen LogP contribution in [0.3, 0.4) is 0 Å². The molecule has 1 aromatic heterocycles. The van der Waals surface area contributed by atoms with Gasteiger partial charge in [-0.1, -0.05) is 12.1 Å². The van der Waals surface area contributed by atoms with Crippen LogP contribution in [0.2, 0.25) is 0 Å². The van der Waals surface area contributed by atoms with Gasteiger partial charge in [-0.05, 0) is 57.2 Å². The van der Waals surface area contributed by atoms with Gasteiger partial charge in [0.2, 0.25) is 5.91 Å². The highest BCUT2D eigenvalue weighted by molar-refractivity contribution is 5.87. The second-order valence-electron chi connectivity index (χ2n) is 11.7. The molecule has 4 heterocycles.